The molecule has 0 fully saturated rings. The van der Waals surface area contributed by atoms with Crippen molar-refractivity contribution in [1.82, 2.24) is 5.43 Å². The van der Waals surface area contributed by atoms with Gasteiger partial charge in [-0.2, -0.15) is 0 Å². The minimum absolute atomic E-state index is 0.0404. The maximum absolute atomic E-state index is 5.96. The lowest BCUT2D eigenvalue weighted by molar-refractivity contribution is 0.373. The van der Waals surface area contributed by atoms with Crippen molar-refractivity contribution in [3.05, 3.63) is 28.8 Å². The zero-order chi connectivity index (χ0) is 11.4. The Bertz CT molecular complexity index is 328. The number of ether oxygens (including phenoxy) is 1. The van der Waals surface area contributed by atoms with Gasteiger partial charge in [0.05, 0.1) is 13.2 Å². The van der Waals surface area contributed by atoms with E-state index < -0.39 is 0 Å². The average Bonchev–Trinajstić information content (AvgIpc) is 2.18. The van der Waals surface area contributed by atoms with Gasteiger partial charge in [-0.3, -0.25) is 11.3 Å². The molecule has 0 aliphatic heterocycles. The summed E-state index contributed by atoms with van der Waals surface area (Å²) in [7, 11) is 1.64. The molecule has 1 atom stereocenters. The summed E-state index contributed by atoms with van der Waals surface area (Å²) in [4.78, 5) is 0. The summed E-state index contributed by atoms with van der Waals surface area (Å²) in [6.07, 6.45) is 0. The van der Waals surface area contributed by atoms with Gasteiger partial charge in [-0.15, -0.1) is 0 Å². The first kappa shape index (κ1) is 12.3. The fourth-order valence-corrected chi connectivity index (χ4v) is 1.77. The van der Waals surface area contributed by atoms with E-state index in [1.165, 1.54) is 0 Å². The van der Waals surface area contributed by atoms with Crippen molar-refractivity contribution in [3.63, 3.8) is 0 Å². The van der Waals surface area contributed by atoms with Gasteiger partial charge in [-0.25, -0.2) is 0 Å². The van der Waals surface area contributed by atoms with Crippen molar-refractivity contribution in [1.29, 1.82) is 0 Å². The van der Waals surface area contributed by atoms with Crippen LogP contribution >= 0.6 is 11.6 Å². The van der Waals surface area contributed by atoms with Crippen LogP contribution in [0.3, 0.4) is 0 Å². The van der Waals surface area contributed by atoms with Crippen molar-refractivity contribution >= 4 is 11.6 Å². The van der Waals surface area contributed by atoms with Crippen LogP contribution in [-0.4, -0.2) is 7.11 Å². The first-order valence-electron chi connectivity index (χ1n) is 4.89. The van der Waals surface area contributed by atoms with Crippen molar-refractivity contribution < 1.29 is 4.74 Å². The van der Waals surface area contributed by atoms with E-state index in [0.717, 1.165) is 11.3 Å². The van der Waals surface area contributed by atoms with E-state index in [4.69, 9.17) is 22.2 Å². The third-order valence-electron chi connectivity index (χ3n) is 2.37. The Hall–Kier alpha value is -0.770. The second-order valence-electron chi connectivity index (χ2n) is 3.77. The van der Waals surface area contributed by atoms with Gasteiger partial charge in [0.2, 0.25) is 0 Å². The number of hydrogen-bond donors (Lipinski definition) is 2. The van der Waals surface area contributed by atoms with Crippen LogP contribution in [0.5, 0.6) is 5.75 Å². The highest BCUT2D eigenvalue weighted by molar-refractivity contribution is 6.30. The summed E-state index contributed by atoms with van der Waals surface area (Å²) in [6, 6.07) is 5.58. The van der Waals surface area contributed by atoms with E-state index in [-0.39, 0.29) is 6.04 Å². The molecule has 1 rings (SSSR count). The molecule has 15 heavy (non-hydrogen) atoms. The molecule has 0 aliphatic rings. The molecule has 0 amide bonds. The standard InChI is InChI=1S/C11H17ClN2O/c1-7(2)11(14-13)9-6-8(12)4-5-10(9)15-3/h4-7,11,14H,13H2,1-3H3. The Morgan fingerprint density at radius 1 is 1.40 bits per heavy atom. The third kappa shape index (κ3) is 2.84. The SMILES string of the molecule is COc1ccc(Cl)cc1C(NN)C(C)C. The molecule has 0 radical (unpaired) electrons. The van der Waals surface area contributed by atoms with E-state index in [0.29, 0.717) is 10.9 Å². The molecule has 0 spiro atoms. The zero-order valence-electron chi connectivity index (χ0n) is 9.25. The Balaban J connectivity index is 3.13. The Morgan fingerprint density at radius 2 is 2.07 bits per heavy atom. The van der Waals surface area contributed by atoms with Gasteiger partial charge in [0.25, 0.3) is 0 Å². The molecule has 84 valence electrons. The number of methoxy groups -OCH3 is 1. The molecule has 0 heterocycles. The minimum Gasteiger partial charge on any atom is -0.496 e. The lowest BCUT2D eigenvalue weighted by Crippen LogP contribution is -2.31. The van der Waals surface area contributed by atoms with E-state index in [1.54, 1.807) is 13.2 Å². The smallest absolute Gasteiger partial charge is 0.123 e. The fourth-order valence-electron chi connectivity index (χ4n) is 1.59. The van der Waals surface area contributed by atoms with E-state index in [9.17, 15) is 0 Å². The molecule has 0 bridgehead atoms. The third-order valence-corrected chi connectivity index (χ3v) is 2.61. The van der Waals surface area contributed by atoms with Crippen LogP contribution in [0.15, 0.2) is 18.2 Å². The monoisotopic (exact) mass is 228 g/mol. The van der Waals surface area contributed by atoms with Gasteiger partial charge >= 0.3 is 0 Å². The molecule has 3 nitrogen and oxygen atoms in total. The minimum atomic E-state index is 0.0404. The quantitative estimate of drug-likeness (QED) is 0.615. The first-order chi connectivity index (χ1) is 7.10. The molecular weight excluding hydrogens is 212 g/mol. The highest BCUT2D eigenvalue weighted by Gasteiger charge is 2.18. The second kappa shape index (κ2) is 5.35. The lowest BCUT2D eigenvalue weighted by atomic mass is 9.96. The molecule has 0 saturated heterocycles. The Morgan fingerprint density at radius 3 is 2.53 bits per heavy atom. The van der Waals surface area contributed by atoms with Gasteiger partial charge in [0.1, 0.15) is 5.75 Å². The highest BCUT2D eigenvalue weighted by atomic mass is 35.5. The summed E-state index contributed by atoms with van der Waals surface area (Å²) >= 11 is 5.96. The Kier molecular flexibility index (Phi) is 4.39. The number of nitrogens with two attached hydrogens (primary N) is 1. The summed E-state index contributed by atoms with van der Waals surface area (Å²) < 4.78 is 5.28. The van der Waals surface area contributed by atoms with Crippen molar-refractivity contribution in [3.8, 4) is 5.75 Å². The molecule has 3 N–H and O–H groups in total. The van der Waals surface area contributed by atoms with Gasteiger partial charge in [0, 0.05) is 10.6 Å². The maximum atomic E-state index is 5.96. The molecule has 0 aliphatic carbocycles. The van der Waals surface area contributed by atoms with Crippen LogP contribution < -0.4 is 16.0 Å². The maximum Gasteiger partial charge on any atom is 0.123 e. The predicted octanol–water partition coefficient (Wildman–Crippen LogP) is 2.51. The molecule has 0 saturated carbocycles. The largest absolute Gasteiger partial charge is 0.496 e. The molecule has 1 unspecified atom stereocenters. The summed E-state index contributed by atoms with van der Waals surface area (Å²) in [5.74, 6) is 6.70. The number of benzene rings is 1. The van der Waals surface area contributed by atoms with E-state index in [2.05, 4.69) is 19.3 Å². The van der Waals surface area contributed by atoms with E-state index in [1.807, 2.05) is 12.1 Å². The van der Waals surface area contributed by atoms with E-state index >= 15 is 0 Å². The van der Waals surface area contributed by atoms with Crippen LogP contribution in [0.4, 0.5) is 0 Å². The fraction of sp³-hybridized carbons (Fsp3) is 0.455. The van der Waals surface area contributed by atoms with Crippen LogP contribution in [0.2, 0.25) is 5.02 Å². The molecular formula is C11H17ClN2O. The topological polar surface area (TPSA) is 47.3 Å². The number of nitrogens with one attached hydrogen (secondary N) is 1. The van der Waals surface area contributed by atoms with Gasteiger partial charge < -0.3 is 4.74 Å². The normalized spacial score (nSPS) is 12.9. The molecule has 1 aromatic carbocycles. The molecule has 0 aromatic heterocycles. The lowest BCUT2D eigenvalue weighted by Gasteiger charge is -2.22. The van der Waals surface area contributed by atoms with Gasteiger partial charge in [-0.1, -0.05) is 25.4 Å². The van der Waals surface area contributed by atoms with Gasteiger partial charge in [0.15, 0.2) is 0 Å². The average molecular weight is 229 g/mol. The van der Waals surface area contributed by atoms with Crippen LogP contribution in [0.1, 0.15) is 25.5 Å². The summed E-state index contributed by atoms with van der Waals surface area (Å²) in [6.45, 7) is 4.18. The van der Waals surface area contributed by atoms with Gasteiger partial charge in [-0.05, 0) is 24.1 Å². The highest BCUT2D eigenvalue weighted by Crippen LogP contribution is 2.31. The molecule has 1 aromatic rings. The summed E-state index contributed by atoms with van der Waals surface area (Å²) in [5.41, 5.74) is 3.77. The summed E-state index contributed by atoms with van der Waals surface area (Å²) in [5, 5.41) is 0.687. The Labute approximate surface area is 95.5 Å². The predicted molar refractivity (Wildman–Crippen MR) is 62.9 cm³/mol. The zero-order valence-corrected chi connectivity index (χ0v) is 10.0. The molecule has 4 heteroatoms. The number of rotatable bonds is 4. The van der Waals surface area contributed by atoms with Crippen LogP contribution in [0.25, 0.3) is 0 Å². The van der Waals surface area contributed by atoms with Crippen molar-refractivity contribution in [2.45, 2.75) is 19.9 Å². The first-order valence-corrected chi connectivity index (χ1v) is 5.27. The number of halogens is 1. The number of hydrogen-bond acceptors (Lipinski definition) is 3. The van der Waals surface area contributed by atoms with Crippen LogP contribution in [0, 0.1) is 5.92 Å². The van der Waals surface area contributed by atoms with Crippen molar-refractivity contribution in [2.75, 3.05) is 7.11 Å². The number of hydrazine groups is 1. The van der Waals surface area contributed by atoms with Crippen LogP contribution in [-0.2, 0) is 0 Å². The second-order valence-corrected chi connectivity index (χ2v) is 4.21. The van der Waals surface area contributed by atoms with Crippen molar-refractivity contribution in [2.24, 2.45) is 11.8 Å².